The molecule has 3 aromatic rings. The van der Waals surface area contributed by atoms with E-state index in [1.54, 1.807) is 0 Å². The van der Waals surface area contributed by atoms with Gasteiger partial charge >= 0.3 is 0 Å². The predicted octanol–water partition coefficient (Wildman–Crippen LogP) is 6.78. The molecule has 3 aromatic carbocycles. The van der Waals surface area contributed by atoms with Crippen molar-refractivity contribution in [3.05, 3.63) is 106 Å². The van der Waals surface area contributed by atoms with Gasteiger partial charge in [0.1, 0.15) is 6.61 Å². The minimum Gasteiger partial charge on any atom is -0.391 e. The molecule has 1 aliphatic rings. The van der Waals surface area contributed by atoms with Gasteiger partial charge in [-0.2, -0.15) is 0 Å². The van der Waals surface area contributed by atoms with Crippen molar-refractivity contribution in [2.24, 2.45) is 11.1 Å². The zero-order chi connectivity index (χ0) is 20.9. The lowest BCUT2D eigenvalue weighted by Crippen LogP contribution is -2.42. The van der Waals surface area contributed by atoms with Gasteiger partial charge in [-0.25, -0.2) is 0 Å². The maximum Gasteiger partial charge on any atom is 0.143 e. The van der Waals surface area contributed by atoms with E-state index in [-0.39, 0.29) is 18.0 Å². The summed E-state index contributed by atoms with van der Waals surface area (Å²) in [6.07, 6.45) is 0.862. The Balaban J connectivity index is 1.62. The van der Waals surface area contributed by atoms with Crippen molar-refractivity contribution in [1.29, 1.82) is 0 Å². The number of nitrogens with zero attached hydrogens (tertiary/aromatic N) is 2. The van der Waals surface area contributed by atoms with Gasteiger partial charge in [-0.15, -0.1) is 0 Å². The van der Waals surface area contributed by atoms with Crippen molar-refractivity contribution in [1.82, 2.24) is 4.90 Å². The molecule has 4 heteroatoms. The van der Waals surface area contributed by atoms with E-state index >= 15 is 0 Å². The first-order chi connectivity index (χ1) is 14.6. The van der Waals surface area contributed by atoms with Crippen LogP contribution in [-0.2, 0) is 11.4 Å². The van der Waals surface area contributed by atoms with E-state index in [0.29, 0.717) is 6.61 Å². The SMILES string of the molecule is CC1C(=NOCc2ccccc2Br)CC(c2ccccc2)N(C)C1c1ccccc1. The number of rotatable bonds is 5. The molecule has 1 heterocycles. The van der Waals surface area contributed by atoms with Crippen LogP contribution in [0.1, 0.15) is 42.1 Å². The molecule has 0 spiro atoms. The molecular formula is C26H27BrN2O. The zero-order valence-electron chi connectivity index (χ0n) is 17.4. The maximum absolute atomic E-state index is 5.85. The molecule has 154 valence electrons. The van der Waals surface area contributed by atoms with E-state index in [0.717, 1.165) is 22.2 Å². The van der Waals surface area contributed by atoms with Crippen molar-refractivity contribution in [2.45, 2.75) is 32.0 Å². The van der Waals surface area contributed by atoms with Crippen LogP contribution in [-0.4, -0.2) is 17.7 Å². The van der Waals surface area contributed by atoms with Crippen molar-refractivity contribution >= 4 is 21.6 Å². The van der Waals surface area contributed by atoms with Crippen LogP contribution in [0.4, 0.5) is 0 Å². The quantitative estimate of drug-likeness (QED) is 0.390. The van der Waals surface area contributed by atoms with Gasteiger partial charge in [0.2, 0.25) is 0 Å². The summed E-state index contributed by atoms with van der Waals surface area (Å²) in [6.45, 7) is 2.72. The lowest BCUT2D eigenvalue weighted by atomic mass is 9.80. The molecule has 0 N–H and O–H groups in total. The Morgan fingerprint density at radius 1 is 0.900 bits per heavy atom. The predicted molar refractivity (Wildman–Crippen MR) is 126 cm³/mol. The number of benzene rings is 3. The van der Waals surface area contributed by atoms with Gasteiger partial charge in [0.15, 0.2) is 0 Å². The van der Waals surface area contributed by atoms with E-state index in [2.05, 4.69) is 107 Å². The minimum atomic E-state index is 0.246. The molecule has 3 unspecified atom stereocenters. The first-order valence-corrected chi connectivity index (χ1v) is 11.2. The normalized spacial score (nSPS) is 23.4. The van der Waals surface area contributed by atoms with Gasteiger partial charge in [-0.1, -0.05) is 107 Å². The molecule has 1 saturated heterocycles. The molecular weight excluding hydrogens is 436 g/mol. The van der Waals surface area contributed by atoms with Crippen LogP contribution < -0.4 is 0 Å². The third-order valence-corrected chi connectivity index (χ3v) is 6.79. The monoisotopic (exact) mass is 462 g/mol. The Hall–Kier alpha value is -2.43. The molecule has 1 aliphatic heterocycles. The van der Waals surface area contributed by atoms with Gasteiger partial charge in [-0.05, 0) is 24.2 Å². The molecule has 30 heavy (non-hydrogen) atoms. The molecule has 1 fully saturated rings. The Bertz CT molecular complexity index is 990. The van der Waals surface area contributed by atoms with Crippen LogP contribution >= 0.6 is 15.9 Å². The van der Waals surface area contributed by atoms with Crippen LogP contribution in [0.25, 0.3) is 0 Å². The molecule has 0 aromatic heterocycles. The summed E-state index contributed by atoms with van der Waals surface area (Å²) in [5, 5.41) is 4.66. The van der Waals surface area contributed by atoms with Gasteiger partial charge in [0.25, 0.3) is 0 Å². The third-order valence-electron chi connectivity index (χ3n) is 6.02. The molecule has 3 nitrogen and oxygen atoms in total. The van der Waals surface area contributed by atoms with Gasteiger partial charge in [0.05, 0.1) is 5.71 Å². The van der Waals surface area contributed by atoms with Gasteiger partial charge in [-0.3, -0.25) is 4.90 Å². The summed E-state index contributed by atoms with van der Waals surface area (Å²) in [6, 6.07) is 30.0. The highest BCUT2D eigenvalue weighted by atomic mass is 79.9. The summed E-state index contributed by atoms with van der Waals surface area (Å²) in [4.78, 5) is 8.34. The summed E-state index contributed by atoms with van der Waals surface area (Å²) >= 11 is 3.59. The molecule has 0 amide bonds. The standard InChI is InChI=1S/C26H27BrN2O/c1-19-24(28-30-18-22-15-9-10-16-23(22)27)17-25(20-11-5-3-6-12-20)29(2)26(19)21-13-7-4-8-14-21/h3-16,19,25-26H,17-18H2,1-2H3. The Morgan fingerprint density at radius 2 is 1.50 bits per heavy atom. The Kier molecular flexibility index (Phi) is 6.66. The van der Waals surface area contributed by atoms with Crippen LogP contribution in [0.5, 0.6) is 0 Å². The highest BCUT2D eigenvalue weighted by Crippen LogP contribution is 2.42. The molecule has 3 atom stereocenters. The first-order valence-electron chi connectivity index (χ1n) is 10.4. The molecule has 0 radical (unpaired) electrons. The number of likely N-dealkylation sites (tertiary alicyclic amines) is 1. The van der Waals surface area contributed by atoms with Crippen molar-refractivity contribution in [2.75, 3.05) is 7.05 Å². The number of oxime groups is 1. The Labute approximate surface area is 187 Å². The highest BCUT2D eigenvalue weighted by Gasteiger charge is 2.38. The van der Waals surface area contributed by atoms with Crippen molar-refractivity contribution < 1.29 is 4.84 Å². The van der Waals surface area contributed by atoms with Crippen LogP contribution in [0.15, 0.2) is 94.6 Å². The van der Waals surface area contributed by atoms with E-state index in [4.69, 9.17) is 4.84 Å². The van der Waals surface area contributed by atoms with Crippen LogP contribution in [0.2, 0.25) is 0 Å². The van der Waals surface area contributed by atoms with Gasteiger partial charge < -0.3 is 4.84 Å². The average Bonchev–Trinajstić information content (AvgIpc) is 2.78. The van der Waals surface area contributed by atoms with E-state index in [1.165, 1.54) is 11.1 Å². The van der Waals surface area contributed by atoms with E-state index in [9.17, 15) is 0 Å². The second-order valence-corrected chi connectivity index (χ2v) is 8.74. The maximum atomic E-state index is 5.85. The van der Waals surface area contributed by atoms with Gasteiger partial charge in [0, 0.05) is 34.5 Å². The van der Waals surface area contributed by atoms with E-state index in [1.807, 2.05) is 18.2 Å². The fraction of sp³-hybridized carbons (Fsp3) is 0.269. The topological polar surface area (TPSA) is 24.8 Å². The van der Waals surface area contributed by atoms with Crippen LogP contribution in [0, 0.1) is 5.92 Å². The molecule has 0 saturated carbocycles. The second-order valence-electron chi connectivity index (χ2n) is 7.89. The molecule has 4 rings (SSSR count). The number of halogens is 1. The highest BCUT2D eigenvalue weighted by molar-refractivity contribution is 9.10. The lowest BCUT2D eigenvalue weighted by Gasteiger charge is -2.44. The lowest BCUT2D eigenvalue weighted by molar-refractivity contribution is 0.104. The largest absolute Gasteiger partial charge is 0.391 e. The number of hydrogen-bond donors (Lipinski definition) is 0. The number of hydrogen-bond acceptors (Lipinski definition) is 3. The fourth-order valence-electron chi connectivity index (χ4n) is 4.38. The Morgan fingerprint density at radius 3 is 2.17 bits per heavy atom. The zero-order valence-corrected chi connectivity index (χ0v) is 19.0. The summed E-state index contributed by atoms with van der Waals surface area (Å²) in [5.74, 6) is 0.261. The molecule has 0 aliphatic carbocycles. The van der Waals surface area contributed by atoms with Crippen molar-refractivity contribution in [3.63, 3.8) is 0 Å². The minimum absolute atomic E-state index is 0.246. The third kappa shape index (κ3) is 4.50. The van der Waals surface area contributed by atoms with Crippen LogP contribution in [0.3, 0.4) is 0 Å². The average molecular weight is 463 g/mol. The first kappa shape index (κ1) is 20.8. The smallest absolute Gasteiger partial charge is 0.143 e. The number of piperidine rings is 1. The van der Waals surface area contributed by atoms with E-state index < -0.39 is 0 Å². The molecule has 0 bridgehead atoms. The van der Waals surface area contributed by atoms with Crippen molar-refractivity contribution in [3.8, 4) is 0 Å². The summed E-state index contributed by atoms with van der Waals surface area (Å²) < 4.78 is 1.05. The summed E-state index contributed by atoms with van der Waals surface area (Å²) in [5.41, 5.74) is 4.84. The fourth-order valence-corrected chi connectivity index (χ4v) is 4.78. The second kappa shape index (κ2) is 9.59. The summed E-state index contributed by atoms with van der Waals surface area (Å²) in [7, 11) is 2.23.